The molecule has 3 rings (SSSR count). The van der Waals surface area contributed by atoms with E-state index in [4.69, 9.17) is 4.52 Å². The number of piperidine rings is 1. The highest BCUT2D eigenvalue weighted by Gasteiger charge is 2.26. The van der Waals surface area contributed by atoms with Crippen LogP contribution in [0.1, 0.15) is 30.1 Å². The van der Waals surface area contributed by atoms with Gasteiger partial charge in [0.1, 0.15) is 5.69 Å². The van der Waals surface area contributed by atoms with Crippen molar-refractivity contribution in [3.63, 3.8) is 0 Å². The fraction of sp³-hybridized carbons (Fsp3) is 0.500. The highest BCUT2D eigenvalue weighted by atomic mass is 16.6. The maximum absolute atomic E-state index is 11.3. The molecule has 1 aromatic carbocycles. The Morgan fingerprint density at radius 2 is 2.26 bits per heavy atom. The first-order chi connectivity index (χ1) is 11.0. The van der Waals surface area contributed by atoms with Crippen molar-refractivity contribution in [1.82, 2.24) is 10.1 Å². The number of rotatable bonds is 4. The number of aryl methyl sites for hydroxylation is 2. The van der Waals surface area contributed by atoms with E-state index in [0.717, 1.165) is 37.9 Å². The van der Waals surface area contributed by atoms with E-state index in [1.165, 1.54) is 0 Å². The summed E-state index contributed by atoms with van der Waals surface area (Å²) in [5, 5.41) is 15.3. The standard InChI is InChI=1S/C16H20N4O3/c1-11-5-6-14(15(8-11)20(21)22)19-7-3-4-13(10-19)9-16-17-12(2)23-18-16/h5-6,8,13H,3-4,7,9-10H2,1-2H3. The van der Waals surface area contributed by atoms with Gasteiger partial charge in [-0.3, -0.25) is 10.1 Å². The second-order valence-electron chi connectivity index (χ2n) is 6.14. The van der Waals surface area contributed by atoms with Crippen LogP contribution in [0, 0.1) is 29.9 Å². The molecule has 0 radical (unpaired) electrons. The van der Waals surface area contributed by atoms with Crippen LogP contribution in [0.3, 0.4) is 0 Å². The van der Waals surface area contributed by atoms with Crippen LogP contribution < -0.4 is 4.90 Å². The van der Waals surface area contributed by atoms with Crippen LogP contribution in [0.25, 0.3) is 0 Å². The molecular formula is C16H20N4O3. The summed E-state index contributed by atoms with van der Waals surface area (Å²) in [6, 6.07) is 5.42. The van der Waals surface area contributed by atoms with Crippen molar-refractivity contribution < 1.29 is 9.45 Å². The van der Waals surface area contributed by atoms with Crippen LogP contribution >= 0.6 is 0 Å². The molecule has 0 bridgehead atoms. The first kappa shape index (κ1) is 15.5. The molecule has 7 heteroatoms. The van der Waals surface area contributed by atoms with Crippen molar-refractivity contribution >= 4 is 11.4 Å². The summed E-state index contributed by atoms with van der Waals surface area (Å²) in [6.07, 6.45) is 2.82. The number of benzene rings is 1. The maximum atomic E-state index is 11.3. The monoisotopic (exact) mass is 316 g/mol. The summed E-state index contributed by atoms with van der Waals surface area (Å²) in [4.78, 5) is 17.4. The molecule has 1 atom stereocenters. The van der Waals surface area contributed by atoms with E-state index in [9.17, 15) is 10.1 Å². The third kappa shape index (κ3) is 3.49. The number of anilines is 1. The molecule has 1 aliphatic heterocycles. The number of hydrogen-bond donors (Lipinski definition) is 0. The SMILES string of the molecule is Cc1ccc(N2CCCC(Cc3noc(C)n3)C2)c([N+](=O)[O-])c1. The molecule has 2 aromatic rings. The average Bonchev–Trinajstić information content (AvgIpc) is 2.92. The van der Waals surface area contributed by atoms with E-state index in [1.54, 1.807) is 13.0 Å². The van der Waals surface area contributed by atoms with Crippen molar-refractivity contribution in [3.05, 3.63) is 45.6 Å². The summed E-state index contributed by atoms with van der Waals surface area (Å²) in [5.74, 6) is 1.66. The fourth-order valence-electron chi connectivity index (χ4n) is 3.18. The van der Waals surface area contributed by atoms with Crippen LogP contribution in [0.2, 0.25) is 0 Å². The lowest BCUT2D eigenvalue weighted by atomic mass is 9.94. The van der Waals surface area contributed by atoms with Gasteiger partial charge in [-0.2, -0.15) is 4.98 Å². The number of nitrogens with zero attached hydrogens (tertiary/aromatic N) is 4. The Labute approximate surface area is 134 Å². The zero-order valence-corrected chi connectivity index (χ0v) is 13.4. The largest absolute Gasteiger partial charge is 0.366 e. The van der Waals surface area contributed by atoms with Gasteiger partial charge < -0.3 is 9.42 Å². The van der Waals surface area contributed by atoms with Gasteiger partial charge >= 0.3 is 0 Å². The highest BCUT2D eigenvalue weighted by Crippen LogP contribution is 2.32. The minimum absolute atomic E-state index is 0.182. The average molecular weight is 316 g/mol. The quantitative estimate of drug-likeness (QED) is 0.636. The first-order valence-electron chi connectivity index (χ1n) is 7.82. The third-order valence-corrected chi connectivity index (χ3v) is 4.23. The second-order valence-corrected chi connectivity index (χ2v) is 6.14. The lowest BCUT2D eigenvalue weighted by Gasteiger charge is -2.33. The minimum atomic E-state index is -0.297. The van der Waals surface area contributed by atoms with E-state index >= 15 is 0 Å². The van der Waals surface area contributed by atoms with Crippen LogP contribution in [0.4, 0.5) is 11.4 Å². The van der Waals surface area contributed by atoms with Crippen LogP contribution in [-0.2, 0) is 6.42 Å². The Morgan fingerprint density at radius 1 is 1.43 bits per heavy atom. The molecule has 0 saturated carbocycles. The van der Waals surface area contributed by atoms with E-state index in [2.05, 4.69) is 15.0 Å². The number of nitro benzene ring substituents is 1. The van der Waals surface area contributed by atoms with Gasteiger partial charge in [0.05, 0.1) is 4.92 Å². The molecule has 122 valence electrons. The zero-order valence-electron chi connectivity index (χ0n) is 13.4. The first-order valence-corrected chi connectivity index (χ1v) is 7.82. The predicted molar refractivity (Wildman–Crippen MR) is 85.5 cm³/mol. The van der Waals surface area contributed by atoms with Crippen LogP contribution in [0.15, 0.2) is 22.7 Å². The summed E-state index contributed by atoms with van der Waals surface area (Å²) in [6.45, 7) is 5.26. The molecule has 23 heavy (non-hydrogen) atoms. The molecule has 1 unspecified atom stereocenters. The third-order valence-electron chi connectivity index (χ3n) is 4.23. The molecule has 1 saturated heterocycles. The molecular weight excluding hydrogens is 296 g/mol. The fourth-order valence-corrected chi connectivity index (χ4v) is 3.18. The van der Waals surface area contributed by atoms with Crippen molar-refractivity contribution in [3.8, 4) is 0 Å². The molecule has 2 heterocycles. The van der Waals surface area contributed by atoms with Gasteiger partial charge in [0.25, 0.3) is 5.69 Å². The molecule has 0 aliphatic carbocycles. The van der Waals surface area contributed by atoms with E-state index < -0.39 is 0 Å². The van der Waals surface area contributed by atoms with E-state index in [-0.39, 0.29) is 10.6 Å². The normalized spacial score (nSPS) is 18.2. The lowest BCUT2D eigenvalue weighted by molar-refractivity contribution is -0.384. The topological polar surface area (TPSA) is 85.3 Å². The Bertz CT molecular complexity index is 713. The molecule has 0 N–H and O–H groups in total. The minimum Gasteiger partial charge on any atom is -0.366 e. The van der Waals surface area contributed by atoms with Crippen LogP contribution in [-0.4, -0.2) is 28.2 Å². The van der Waals surface area contributed by atoms with Gasteiger partial charge in [-0.15, -0.1) is 0 Å². The smallest absolute Gasteiger partial charge is 0.292 e. The summed E-state index contributed by atoms with van der Waals surface area (Å²) >= 11 is 0. The number of hydrogen-bond acceptors (Lipinski definition) is 6. The number of nitro groups is 1. The second kappa shape index (κ2) is 6.36. The molecule has 1 aromatic heterocycles. The van der Waals surface area contributed by atoms with Gasteiger partial charge in [-0.25, -0.2) is 0 Å². The molecule has 7 nitrogen and oxygen atoms in total. The van der Waals surface area contributed by atoms with Gasteiger partial charge in [-0.05, 0) is 37.3 Å². The summed E-state index contributed by atoms with van der Waals surface area (Å²) < 4.78 is 5.02. The van der Waals surface area contributed by atoms with Gasteiger partial charge in [0.2, 0.25) is 5.89 Å². The molecule has 1 fully saturated rings. The van der Waals surface area contributed by atoms with Gasteiger partial charge in [0.15, 0.2) is 5.82 Å². The lowest BCUT2D eigenvalue weighted by Crippen LogP contribution is -2.36. The molecule has 0 amide bonds. The summed E-state index contributed by atoms with van der Waals surface area (Å²) in [7, 11) is 0. The Balaban J connectivity index is 1.77. The molecule has 0 spiro atoms. The predicted octanol–water partition coefficient (Wildman–Crippen LogP) is 3.05. The van der Waals surface area contributed by atoms with E-state index in [0.29, 0.717) is 23.3 Å². The number of aromatic nitrogens is 2. The van der Waals surface area contributed by atoms with Gasteiger partial charge in [0, 0.05) is 32.5 Å². The maximum Gasteiger partial charge on any atom is 0.292 e. The van der Waals surface area contributed by atoms with Crippen molar-refractivity contribution in [2.75, 3.05) is 18.0 Å². The molecule has 1 aliphatic rings. The Hall–Kier alpha value is -2.44. The highest BCUT2D eigenvalue weighted by molar-refractivity contribution is 5.64. The van der Waals surface area contributed by atoms with Crippen molar-refractivity contribution in [1.29, 1.82) is 0 Å². The Kier molecular flexibility index (Phi) is 4.27. The van der Waals surface area contributed by atoms with E-state index in [1.807, 2.05) is 19.1 Å². The van der Waals surface area contributed by atoms with Crippen molar-refractivity contribution in [2.45, 2.75) is 33.1 Å². The summed E-state index contributed by atoms with van der Waals surface area (Å²) in [5.41, 5.74) is 1.78. The van der Waals surface area contributed by atoms with Crippen LogP contribution in [0.5, 0.6) is 0 Å². The van der Waals surface area contributed by atoms with Crippen molar-refractivity contribution in [2.24, 2.45) is 5.92 Å². The Morgan fingerprint density at radius 3 is 2.96 bits per heavy atom. The van der Waals surface area contributed by atoms with Gasteiger partial charge in [-0.1, -0.05) is 11.2 Å². The zero-order chi connectivity index (χ0) is 16.4.